The average Bonchev–Trinajstić information content (AvgIpc) is 3.30. The molecule has 2 aromatic rings. The van der Waals surface area contributed by atoms with Gasteiger partial charge in [-0.25, -0.2) is 4.99 Å². The van der Waals surface area contributed by atoms with Crippen molar-refractivity contribution in [2.24, 2.45) is 12.0 Å². The standard InChI is InChI=1S/C18H25F3N6S.HI/c1-3-22-17(23-11-13-12-26(2)25-16(13)18(19,20)21)24-14-6-8-27(9-7-14)15-5-4-10-28-15;/h4-5,10,12,14H,3,6-9,11H2,1-2H3,(H2,22,23,24);1H. The first kappa shape index (κ1) is 23.8. The number of hydrogen-bond donors (Lipinski definition) is 2. The first-order valence-electron chi connectivity index (χ1n) is 9.30. The molecule has 0 atom stereocenters. The van der Waals surface area contributed by atoms with Crippen LogP contribution in [0.15, 0.2) is 28.7 Å². The fraction of sp³-hybridized carbons (Fsp3) is 0.556. The molecule has 0 unspecified atom stereocenters. The van der Waals surface area contributed by atoms with Gasteiger partial charge in [0.2, 0.25) is 0 Å². The molecular weight excluding hydrogens is 516 g/mol. The number of nitrogens with one attached hydrogen (secondary N) is 2. The first-order chi connectivity index (χ1) is 13.4. The van der Waals surface area contributed by atoms with Gasteiger partial charge in [0.25, 0.3) is 0 Å². The summed E-state index contributed by atoms with van der Waals surface area (Å²) >= 11 is 1.73. The van der Waals surface area contributed by atoms with E-state index in [9.17, 15) is 13.2 Å². The van der Waals surface area contributed by atoms with E-state index in [1.807, 2.05) is 13.0 Å². The summed E-state index contributed by atoms with van der Waals surface area (Å²) in [5.41, 5.74) is -0.807. The Kier molecular flexibility index (Phi) is 8.61. The molecule has 0 amide bonds. The Morgan fingerprint density at radius 3 is 2.66 bits per heavy atom. The Bertz CT molecular complexity index is 782. The van der Waals surface area contributed by atoms with E-state index in [0.717, 1.165) is 25.9 Å². The Morgan fingerprint density at radius 1 is 1.34 bits per heavy atom. The van der Waals surface area contributed by atoms with Gasteiger partial charge < -0.3 is 15.5 Å². The number of aliphatic imine (C=N–C) groups is 1. The average molecular weight is 542 g/mol. The monoisotopic (exact) mass is 542 g/mol. The SMILES string of the molecule is CCNC(=NCc1cn(C)nc1C(F)(F)F)NC1CCN(c2cccs2)CC1.I. The number of thiophene rings is 1. The number of halogens is 4. The fourth-order valence-corrected chi connectivity index (χ4v) is 4.05. The number of nitrogens with zero attached hydrogens (tertiary/aromatic N) is 4. The van der Waals surface area contributed by atoms with Crippen molar-refractivity contribution in [3.05, 3.63) is 35.0 Å². The van der Waals surface area contributed by atoms with E-state index in [0.29, 0.717) is 12.5 Å². The highest BCUT2D eigenvalue weighted by molar-refractivity contribution is 14.0. The summed E-state index contributed by atoms with van der Waals surface area (Å²) in [6, 6.07) is 4.41. The molecule has 3 rings (SSSR count). The van der Waals surface area contributed by atoms with Crippen molar-refractivity contribution in [3.8, 4) is 0 Å². The molecule has 3 heterocycles. The van der Waals surface area contributed by atoms with E-state index in [1.165, 1.54) is 22.9 Å². The second-order valence-corrected chi connectivity index (χ2v) is 7.65. The van der Waals surface area contributed by atoms with Crippen molar-refractivity contribution >= 4 is 46.3 Å². The topological polar surface area (TPSA) is 57.5 Å². The van der Waals surface area contributed by atoms with Crippen molar-refractivity contribution in [3.63, 3.8) is 0 Å². The molecule has 1 aliphatic rings. The van der Waals surface area contributed by atoms with Crippen LogP contribution in [0.5, 0.6) is 0 Å². The van der Waals surface area contributed by atoms with Crippen LogP contribution in [0.3, 0.4) is 0 Å². The third kappa shape index (κ3) is 6.49. The normalized spacial score (nSPS) is 15.9. The summed E-state index contributed by atoms with van der Waals surface area (Å²) in [6.07, 6.45) is -1.21. The molecule has 0 aliphatic carbocycles. The minimum Gasteiger partial charge on any atom is -0.363 e. The van der Waals surface area contributed by atoms with Crippen LogP contribution in [0.25, 0.3) is 0 Å². The minimum atomic E-state index is -4.48. The molecule has 2 N–H and O–H groups in total. The Labute approximate surface area is 189 Å². The van der Waals surface area contributed by atoms with Crippen LogP contribution in [0.2, 0.25) is 0 Å². The van der Waals surface area contributed by atoms with Crippen LogP contribution >= 0.6 is 35.3 Å². The summed E-state index contributed by atoms with van der Waals surface area (Å²) in [5, 5.41) is 13.4. The second kappa shape index (κ2) is 10.5. The maximum atomic E-state index is 13.1. The molecule has 6 nitrogen and oxygen atoms in total. The number of alkyl halides is 3. The summed E-state index contributed by atoms with van der Waals surface area (Å²) in [7, 11) is 1.48. The maximum absolute atomic E-state index is 13.1. The lowest BCUT2D eigenvalue weighted by Gasteiger charge is -2.33. The van der Waals surface area contributed by atoms with Gasteiger partial charge in [0.05, 0.1) is 11.5 Å². The third-order valence-electron chi connectivity index (χ3n) is 4.58. The highest BCUT2D eigenvalue weighted by Crippen LogP contribution is 2.31. The zero-order valence-electron chi connectivity index (χ0n) is 16.4. The van der Waals surface area contributed by atoms with Crippen molar-refractivity contribution in [1.29, 1.82) is 0 Å². The van der Waals surface area contributed by atoms with Gasteiger partial charge in [-0.3, -0.25) is 4.68 Å². The fourth-order valence-electron chi connectivity index (χ4n) is 3.26. The highest BCUT2D eigenvalue weighted by Gasteiger charge is 2.36. The summed E-state index contributed by atoms with van der Waals surface area (Å²) in [4.78, 5) is 6.72. The van der Waals surface area contributed by atoms with E-state index in [2.05, 4.69) is 37.1 Å². The number of hydrogen-bond acceptors (Lipinski definition) is 4. The van der Waals surface area contributed by atoms with Crippen molar-refractivity contribution < 1.29 is 13.2 Å². The molecule has 1 aliphatic heterocycles. The largest absolute Gasteiger partial charge is 0.435 e. The van der Waals surface area contributed by atoms with Crippen LogP contribution in [0, 0.1) is 0 Å². The van der Waals surface area contributed by atoms with Gasteiger partial charge in [-0.2, -0.15) is 18.3 Å². The predicted octanol–water partition coefficient (Wildman–Crippen LogP) is 3.84. The van der Waals surface area contributed by atoms with E-state index >= 15 is 0 Å². The van der Waals surface area contributed by atoms with E-state index in [1.54, 1.807) is 11.3 Å². The Balaban J connectivity index is 0.00000300. The lowest BCUT2D eigenvalue weighted by atomic mass is 10.1. The Hall–Kier alpha value is -1.50. The van der Waals surface area contributed by atoms with Gasteiger partial charge in [-0.15, -0.1) is 35.3 Å². The quantitative estimate of drug-likeness (QED) is 0.343. The predicted molar refractivity (Wildman–Crippen MR) is 121 cm³/mol. The van der Waals surface area contributed by atoms with Crippen LogP contribution in [-0.2, 0) is 19.8 Å². The minimum absolute atomic E-state index is 0. The second-order valence-electron chi connectivity index (χ2n) is 6.73. The van der Waals surface area contributed by atoms with Gasteiger partial charge in [-0.05, 0) is 37.3 Å². The van der Waals surface area contributed by atoms with E-state index in [-0.39, 0.29) is 42.1 Å². The molecule has 0 bridgehead atoms. The van der Waals surface area contributed by atoms with Gasteiger partial charge in [0.15, 0.2) is 11.7 Å². The van der Waals surface area contributed by atoms with Crippen LogP contribution in [0.4, 0.5) is 18.2 Å². The van der Waals surface area contributed by atoms with Crippen molar-refractivity contribution in [2.45, 2.75) is 38.5 Å². The van der Waals surface area contributed by atoms with Gasteiger partial charge in [0.1, 0.15) is 0 Å². The van der Waals surface area contributed by atoms with Crippen molar-refractivity contribution in [1.82, 2.24) is 20.4 Å². The van der Waals surface area contributed by atoms with E-state index < -0.39 is 11.9 Å². The molecule has 0 saturated carbocycles. The highest BCUT2D eigenvalue weighted by atomic mass is 127. The third-order valence-corrected chi connectivity index (χ3v) is 5.51. The number of aromatic nitrogens is 2. The first-order valence-corrected chi connectivity index (χ1v) is 10.2. The lowest BCUT2D eigenvalue weighted by molar-refractivity contribution is -0.142. The Morgan fingerprint density at radius 2 is 2.07 bits per heavy atom. The molecule has 11 heteroatoms. The molecule has 0 aromatic carbocycles. The number of rotatable bonds is 5. The molecule has 0 spiro atoms. The zero-order chi connectivity index (χ0) is 20.1. The van der Waals surface area contributed by atoms with Crippen molar-refractivity contribution in [2.75, 3.05) is 24.5 Å². The molecular formula is C18H26F3IN6S. The molecule has 0 radical (unpaired) electrons. The summed E-state index contributed by atoms with van der Waals surface area (Å²) < 4.78 is 40.5. The summed E-state index contributed by atoms with van der Waals surface area (Å²) in [6.45, 7) is 4.38. The summed E-state index contributed by atoms with van der Waals surface area (Å²) in [5.74, 6) is 0.536. The smallest absolute Gasteiger partial charge is 0.363 e. The van der Waals surface area contributed by atoms with Crippen LogP contribution in [0.1, 0.15) is 31.0 Å². The van der Waals surface area contributed by atoms with Gasteiger partial charge >= 0.3 is 6.18 Å². The molecule has 1 fully saturated rings. The number of aryl methyl sites for hydroxylation is 1. The molecule has 1 saturated heterocycles. The molecule has 29 heavy (non-hydrogen) atoms. The molecule has 162 valence electrons. The van der Waals surface area contributed by atoms with E-state index in [4.69, 9.17) is 0 Å². The number of guanidine groups is 1. The van der Waals surface area contributed by atoms with Crippen LogP contribution < -0.4 is 15.5 Å². The zero-order valence-corrected chi connectivity index (χ0v) is 19.5. The van der Waals surface area contributed by atoms with Gasteiger partial charge in [0, 0.05) is 44.5 Å². The lowest BCUT2D eigenvalue weighted by Crippen LogP contribution is -2.48. The molecule has 2 aromatic heterocycles. The number of piperidine rings is 1. The maximum Gasteiger partial charge on any atom is 0.435 e. The number of anilines is 1. The van der Waals surface area contributed by atoms with Gasteiger partial charge in [-0.1, -0.05) is 0 Å². The van der Waals surface area contributed by atoms with Crippen LogP contribution in [-0.4, -0.2) is 41.4 Å².